The third-order valence-corrected chi connectivity index (χ3v) is 8.77. The highest BCUT2D eigenvalue weighted by atomic mass is 31.2. The van der Waals surface area contributed by atoms with Crippen LogP contribution >= 0.6 is 7.60 Å². The fourth-order valence-corrected chi connectivity index (χ4v) is 6.01. The molecule has 0 rings (SSSR count). The minimum Gasteiger partial charge on any atom is -0.323 e. The van der Waals surface area contributed by atoms with E-state index >= 15 is 0 Å². The zero-order chi connectivity index (χ0) is 24.4. The average molecular weight is 476 g/mol. The van der Waals surface area contributed by atoms with Crippen LogP contribution in [0.15, 0.2) is 0 Å². The molecule has 4 atom stereocenters. The maximum Gasteiger partial charge on any atom is 0.342 e. The van der Waals surface area contributed by atoms with Crippen molar-refractivity contribution in [2.24, 2.45) is 23.7 Å². The van der Waals surface area contributed by atoms with Crippen molar-refractivity contribution in [3.05, 3.63) is 0 Å². The molecule has 0 spiro atoms. The van der Waals surface area contributed by atoms with Gasteiger partial charge in [0, 0.05) is 0 Å². The summed E-state index contributed by atoms with van der Waals surface area (Å²) < 4.78 is 12.5. The molecule has 0 aliphatic rings. The molecule has 0 heterocycles. The Labute approximate surface area is 201 Å². The number of hydrogen-bond donors (Lipinski definition) is 3. The Hall–Kier alpha value is 0.110. The van der Waals surface area contributed by atoms with E-state index in [0.717, 1.165) is 32.2 Å². The van der Waals surface area contributed by atoms with Gasteiger partial charge in [0.05, 0.1) is 0 Å². The van der Waals surface area contributed by atoms with E-state index in [1.807, 2.05) is 0 Å². The van der Waals surface area contributed by atoms with Crippen LogP contribution in [0.2, 0.25) is 0 Å². The standard InChI is InChI=1S/C27H58NO3P/c1-7-13-16-23(10-4)19-26(20-24(11-5)17-14-8-2)21-27(32(29,30)31)28-22-25(12-6)18-15-9-3/h23-28H,7-22H2,1-6H3,(H2,29,30,31). The Morgan fingerprint density at radius 2 is 1.03 bits per heavy atom. The van der Waals surface area contributed by atoms with E-state index in [-0.39, 0.29) is 0 Å². The van der Waals surface area contributed by atoms with Gasteiger partial charge in [-0.05, 0) is 55.9 Å². The van der Waals surface area contributed by atoms with Gasteiger partial charge in [-0.2, -0.15) is 0 Å². The van der Waals surface area contributed by atoms with Crippen molar-refractivity contribution in [3.8, 4) is 0 Å². The van der Waals surface area contributed by atoms with E-state index in [9.17, 15) is 14.4 Å². The molecule has 0 radical (unpaired) electrons. The van der Waals surface area contributed by atoms with Crippen molar-refractivity contribution in [2.75, 3.05) is 6.54 Å². The third-order valence-electron chi connectivity index (χ3n) is 7.57. The summed E-state index contributed by atoms with van der Waals surface area (Å²) >= 11 is 0. The molecule has 0 bridgehead atoms. The Morgan fingerprint density at radius 1 is 0.625 bits per heavy atom. The lowest BCUT2D eigenvalue weighted by molar-refractivity contribution is 0.238. The topological polar surface area (TPSA) is 69.6 Å². The summed E-state index contributed by atoms with van der Waals surface area (Å²) in [6.45, 7) is 14.2. The highest BCUT2D eigenvalue weighted by Gasteiger charge is 2.33. The van der Waals surface area contributed by atoms with Crippen LogP contribution in [-0.2, 0) is 4.57 Å². The maximum absolute atomic E-state index is 12.5. The van der Waals surface area contributed by atoms with Crippen molar-refractivity contribution >= 4 is 7.60 Å². The van der Waals surface area contributed by atoms with E-state index in [1.54, 1.807) is 0 Å². The van der Waals surface area contributed by atoms with Crippen LogP contribution in [0.1, 0.15) is 138 Å². The second-order valence-electron chi connectivity index (χ2n) is 10.3. The van der Waals surface area contributed by atoms with Crippen LogP contribution < -0.4 is 5.32 Å². The van der Waals surface area contributed by atoms with Crippen molar-refractivity contribution in [1.29, 1.82) is 0 Å². The van der Waals surface area contributed by atoms with Crippen molar-refractivity contribution in [2.45, 2.75) is 144 Å². The number of unbranched alkanes of at least 4 members (excludes halogenated alkanes) is 3. The minimum absolute atomic E-state index is 0.388. The second kappa shape index (κ2) is 19.4. The number of hydrogen-bond acceptors (Lipinski definition) is 2. The Kier molecular flexibility index (Phi) is 19.5. The van der Waals surface area contributed by atoms with Gasteiger partial charge in [0.1, 0.15) is 5.78 Å². The predicted molar refractivity (Wildman–Crippen MR) is 141 cm³/mol. The highest BCUT2D eigenvalue weighted by Crippen LogP contribution is 2.45. The summed E-state index contributed by atoms with van der Waals surface area (Å²) in [6, 6.07) is 0. The molecule has 5 heteroatoms. The fraction of sp³-hybridized carbons (Fsp3) is 1.00. The van der Waals surface area contributed by atoms with Crippen molar-refractivity contribution in [1.82, 2.24) is 5.32 Å². The van der Waals surface area contributed by atoms with Gasteiger partial charge in [0.15, 0.2) is 0 Å². The van der Waals surface area contributed by atoms with Crippen LogP contribution in [-0.4, -0.2) is 22.1 Å². The SMILES string of the molecule is CCCCC(CC)CNC(CC(CC(CC)CCCC)CC(CC)CCCC)P(=O)(O)O. The van der Waals surface area contributed by atoms with E-state index in [4.69, 9.17) is 0 Å². The van der Waals surface area contributed by atoms with Crippen molar-refractivity contribution < 1.29 is 14.4 Å². The molecular formula is C27H58NO3P. The van der Waals surface area contributed by atoms with Gasteiger partial charge in [-0.3, -0.25) is 4.57 Å². The molecule has 4 unspecified atom stereocenters. The van der Waals surface area contributed by atoms with Gasteiger partial charge in [-0.1, -0.05) is 112 Å². The fourth-order valence-electron chi connectivity index (χ4n) is 5.10. The lowest BCUT2D eigenvalue weighted by atomic mass is 9.80. The summed E-state index contributed by atoms with van der Waals surface area (Å²) in [7, 11) is -4.18. The van der Waals surface area contributed by atoms with Crippen LogP contribution in [0, 0.1) is 23.7 Å². The number of nitrogens with one attached hydrogen (secondary N) is 1. The summed E-state index contributed by atoms with van der Waals surface area (Å²) in [5.74, 6) is 1.54. The third kappa shape index (κ3) is 15.1. The summed E-state index contributed by atoms with van der Waals surface area (Å²) in [4.78, 5) is 20.4. The Balaban J connectivity index is 5.36. The quantitative estimate of drug-likeness (QED) is 0.137. The molecule has 3 N–H and O–H groups in total. The largest absolute Gasteiger partial charge is 0.342 e. The van der Waals surface area contributed by atoms with Gasteiger partial charge < -0.3 is 15.1 Å². The predicted octanol–water partition coefficient (Wildman–Crippen LogP) is 8.52. The van der Waals surface area contributed by atoms with E-state index in [1.165, 1.54) is 64.2 Å². The molecule has 0 amide bonds. The highest BCUT2D eigenvalue weighted by molar-refractivity contribution is 7.52. The van der Waals surface area contributed by atoms with Gasteiger partial charge in [0.2, 0.25) is 0 Å². The molecule has 4 nitrogen and oxygen atoms in total. The molecule has 0 aliphatic heterocycles. The first-order valence-electron chi connectivity index (χ1n) is 14.0. The normalized spacial score (nSPS) is 17.1. The van der Waals surface area contributed by atoms with E-state index in [0.29, 0.717) is 30.1 Å². The van der Waals surface area contributed by atoms with Gasteiger partial charge in [-0.15, -0.1) is 0 Å². The lowest BCUT2D eigenvalue weighted by Gasteiger charge is -2.31. The zero-order valence-electron chi connectivity index (χ0n) is 22.5. The zero-order valence-corrected chi connectivity index (χ0v) is 23.3. The second-order valence-corrected chi connectivity index (χ2v) is 12.1. The van der Waals surface area contributed by atoms with Gasteiger partial charge >= 0.3 is 7.60 Å². The first-order chi connectivity index (χ1) is 15.2. The average Bonchev–Trinajstić information content (AvgIpc) is 2.77. The van der Waals surface area contributed by atoms with Crippen LogP contribution in [0.4, 0.5) is 0 Å². The smallest absolute Gasteiger partial charge is 0.323 e. The monoisotopic (exact) mass is 475 g/mol. The molecule has 0 aliphatic carbocycles. The van der Waals surface area contributed by atoms with E-state index in [2.05, 4.69) is 46.9 Å². The van der Waals surface area contributed by atoms with Crippen LogP contribution in [0.3, 0.4) is 0 Å². The minimum atomic E-state index is -4.18. The van der Waals surface area contributed by atoms with Crippen molar-refractivity contribution in [3.63, 3.8) is 0 Å². The van der Waals surface area contributed by atoms with Gasteiger partial charge in [0.25, 0.3) is 0 Å². The number of rotatable bonds is 22. The molecular weight excluding hydrogens is 417 g/mol. The first kappa shape index (κ1) is 32.1. The van der Waals surface area contributed by atoms with Gasteiger partial charge in [-0.25, -0.2) is 0 Å². The summed E-state index contributed by atoms with van der Waals surface area (Å²) in [5.41, 5.74) is 0. The maximum atomic E-state index is 12.5. The van der Waals surface area contributed by atoms with Crippen LogP contribution in [0.25, 0.3) is 0 Å². The molecule has 0 saturated heterocycles. The first-order valence-corrected chi connectivity index (χ1v) is 15.7. The van der Waals surface area contributed by atoms with Crippen LogP contribution in [0.5, 0.6) is 0 Å². The molecule has 194 valence electrons. The molecule has 0 saturated carbocycles. The summed E-state index contributed by atoms with van der Waals surface area (Å²) in [6.07, 6.45) is 17.2. The molecule has 0 aromatic rings. The Bertz CT molecular complexity index is 450. The Morgan fingerprint density at radius 3 is 1.38 bits per heavy atom. The molecule has 0 aromatic heterocycles. The van der Waals surface area contributed by atoms with E-state index < -0.39 is 13.4 Å². The molecule has 0 fully saturated rings. The lowest BCUT2D eigenvalue weighted by Crippen LogP contribution is -2.35. The molecule has 32 heavy (non-hydrogen) atoms. The molecule has 0 aromatic carbocycles. The summed E-state index contributed by atoms with van der Waals surface area (Å²) in [5, 5.41) is 3.36.